The summed E-state index contributed by atoms with van der Waals surface area (Å²) in [6.07, 6.45) is 54.9. The molecule has 1 rings (SSSR count). The molecule has 0 N–H and O–H groups in total. The average Bonchev–Trinajstić information content (AvgIpc) is 3.43. The Labute approximate surface area is 285 Å². The van der Waals surface area contributed by atoms with Gasteiger partial charge in [-0.05, 0) is 32.1 Å². The van der Waals surface area contributed by atoms with Crippen LogP contribution >= 0.6 is 0 Å². The van der Waals surface area contributed by atoms with Gasteiger partial charge in [-0.2, -0.15) is 0 Å². The Morgan fingerprint density at radius 1 is 0.378 bits per heavy atom. The Bertz CT molecular complexity index is 692. The molecule has 2 nitrogen and oxygen atoms in total. The van der Waals surface area contributed by atoms with Gasteiger partial charge in [0.1, 0.15) is 12.4 Å². The van der Waals surface area contributed by atoms with Crippen molar-refractivity contribution in [1.29, 1.82) is 0 Å². The average molecular weight is 630 g/mol. The second kappa shape index (κ2) is 34.5. The molecule has 0 unspecified atom stereocenters. The van der Waals surface area contributed by atoms with Crippen LogP contribution in [-0.4, -0.2) is 4.57 Å². The van der Waals surface area contributed by atoms with E-state index in [1.54, 1.807) is 5.82 Å². The molecule has 0 saturated heterocycles. The van der Waals surface area contributed by atoms with Crippen molar-refractivity contribution in [3.05, 3.63) is 18.2 Å². The summed E-state index contributed by atoms with van der Waals surface area (Å²) in [6, 6.07) is 0. The first kappa shape index (κ1) is 42.2. The molecule has 1 heterocycles. The molecule has 2 heteroatoms. The topological polar surface area (TPSA) is 8.81 Å². The van der Waals surface area contributed by atoms with Crippen LogP contribution in [0, 0.1) is 0 Å². The number of aromatic nitrogens is 2. The standard InChI is InChI=1S/C43H85N2/c1-4-7-10-13-16-19-20-21-22-23-24-25-26-28-31-34-37-40-45-42-41-44(39-36-33-30-18-15-12-9-6-3)43(45)38-35-32-29-27-17-14-11-8-5-2/h41-42H,4-40H2,1-3H3/q+1. The molecule has 0 aliphatic carbocycles. The maximum atomic E-state index is 2.64. The Morgan fingerprint density at radius 2 is 0.689 bits per heavy atom. The monoisotopic (exact) mass is 630 g/mol. The highest BCUT2D eigenvalue weighted by Crippen LogP contribution is 2.16. The van der Waals surface area contributed by atoms with Crippen LogP contribution in [0.5, 0.6) is 0 Å². The lowest BCUT2D eigenvalue weighted by Gasteiger charge is -2.07. The molecule has 0 aliphatic rings. The van der Waals surface area contributed by atoms with Crippen LogP contribution in [0.25, 0.3) is 0 Å². The van der Waals surface area contributed by atoms with Gasteiger partial charge in [0.15, 0.2) is 0 Å². The van der Waals surface area contributed by atoms with Crippen molar-refractivity contribution < 1.29 is 4.57 Å². The van der Waals surface area contributed by atoms with Gasteiger partial charge in [-0.1, -0.05) is 207 Å². The first-order chi connectivity index (χ1) is 22.3. The van der Waals surface area contributed by atoms with Crippen molar-refractivity contribution >= 4 is 0 Å². The van der Waals surface area contributed by atoms with E-state index in [0.717, 1.165) is 0 Å². The van der Waals surface area contributed by atoms with E-state index >= 15 is 0 Å². The van der Waals surface area contributed by atoms with Gasteiger partial charge >= 0.3 is 0 Å². The predicted octanol–water partition coefficient (Wildman–Crippen LogP) is 14.6. The van der Waals surface area contributed by atoms with E-state index in [4.69, 9.17) is 0 Å². The second-order valence-electron chi connectivity index (χ2n) is 14.8. The van der Waals surface area contributed by atoms with Gasteiger partial charge in [-0.3, -0.25) is 0 Å². The van der Waals surface area contributed by atoms with Gasteiger partial charge in [0.25, 0.3) is 5.82 Å². The van der Waals surface area contributed by atoms with Crippen molar-refractivity contribution in [3.63, 3.8) is 0 Å². The normalized spacial score (nSPS) is 11.6. The van der Waals surface area contributed by atoms with Gasteiger partial charge < -0.3 is 0 Å². The highest BCUT2D eigenvalue weighted by molar-refractivity contribution is 4.84. The fourth-order valence-electron chi connectivity index (χ4n) is 7.21. The number of imidazole rings is 1. The zero-order valence-electron chi connectivity index (χ0n) is 31.7. The lowest BCUT2D eigenvalue weighted by Crippen LogP contribution is -2.37. The van der Waals surface area contributed by atoms with Crippen molar-refractivity contribution in [3.8, 4) is 0 Å². The third-order valence-corrected chi connectivity index (χ3v) is 10.3. The molecule has 0 amide bonds. The van der Waals surface area contributed by atoms with Gasteiger partial charge in [0.2, 0.25) is 0 Å². The number of hydrogen-bond donors (Lipinski definition) is 0. The molecule has 0 fully saturated rings. The molecule has 0 saturated carbocycles. The third-order valence-electron chi connectivity index (χ3n) is 10.3. The molecule has 0 bridgehead atoms. The van der Waals surface area contributed by atoms with E-state index in [2.05, 4.69) is 42.3 Å². The highest BCUT2D eigenvalue weighted by Gasteiger charge is 2.16. The largest absolute Gasteiger partial charge is 0.256 e. The van der Waals surface area contributed by atoms with Crippen LogP contribution in [0.3, 0.4) is 0 Å². The molecular formula is C43H85N2+. The highest BCUT2D eigenvalue weighted by atomic mass is 15.1. The summed E-state index contributed by atoms with van der Waals surface area (Å²) in [5.41, 5.74) is 0. The van der Waals surface area contributed by atoms with Crippen LogP contribution in [0.1, 0.15) is 245 Å². The Balaban J connectivity index is 2.21. The summed E-state index contributed by atoms with van der Waals surface area (Å²) < 4.78 is 5.27. The number of nitrogens with zero attached hydrogens (tertiary/aromatic N) is 2. The van der Waals surface area contributed by atoms with Crippen molar-refractivity contribution in [2.45, 2.75) is 259 Å². The summed E-state index contributed by atoms with van der Waals surface area (Å²) in [4.78, 5) is 0. The van der Waals surface area contributed by atoms with E-state index in [1.807, 2.05) is 0 Å². The Kier molecular flexibility index (Phi) is 32.4. The molecule has 266 valence electrons. The van der Waals surface area contributed by atoms with Crippen LogP contribution < -0.4 is 4.57 Å². The number of hydrogen-bond acceptors (Lipinski definition) is 0. The van der Waals surface area contributed by atoms with E-state index in [1.165, 1.54) is 238 Å². The molecule has 1 aromatic heterocycles. The van der Waals surface area contributed by atoms with Crippen molar-refractivity contribution in [1.82, 2.24) is 4.57 Å². The number of unbranched alkanes of at least 4 members (excludes halogenated alkanes) is 31. The smallest absolute Gasteiger partial charge is 0.234 e. The summed E-state index contributed by atoms with van der Waals surface area (Å²) >= 11 is 0. The minimum Gasteiger partial charge on any atom is -0.234 e. The third kappa shape index (κ3) is 26.9. The SMILES string of the molecule is CCCCCCCCCCCCCCCCCCC[n+]1ccn(CCCCCCCCCC)c1CCCCCCCCCCC. The van der Waals surface area contributed by atoms with Crippen molar-refractivity contribution in [2.75, 3.05) is 0 Å². The van der Waals surface area contributed by atoms with E-state index in [9.17, 15) is 0 Å². The fraction of sp³-hybridized carbons (Fsp3) is 0.930. The maximum absolute atomic E-state index is 2.64. The molecule has 45 heavy (non-hydrogen) atoms. The summed E-state index contributed by atoms with van der Waals surface area (Å²) in [7, 11) is 0. The minimum absolute atomic E-state index is 1.23. The maximum Gasteiger partial charge on any atom is 0.256 e. The number of rotatable bonds is 37. The van der Waals surface area contributed by atoms with E-state index in [0.29, 0.717) is 0 Å². The first-order valence-electron chi connectivity index (χ1n) is 21.4. The van der Waals surface area contributed by atoms with Crippen LogP contribution in [0.2, 0.25) is 0 Å². The molecular weight excluding hydrogens is 544 g/mol. The van der Waals surface area contributed by atoms with Gasteiger partial charge in [0, 0.05) is 6.42 Å². The first-order valence-corrected chi connectivity index (χ1v) is 21.4. The lowest BCUT2D eigenvalue weighted by atomic mass is 10.0. The Morgan fingerprint density at radius 3 is 1.07 bits per heavy atom. The quantitative estimate of drug-likeness (QED) is 0.0511. The van der Waals surface area contributed by atoms with Gasteiger partial charge in [-0.25, -0.2) is 9.13 Å². The molecule has 0 aromatic carbocycles. The second-order valence-corrected chi connectivity index (χ2v) is 14.8. The molecule has 1 aromatic rings. The van der Waals surface area contributed by atoms with Crippen LogP contribution in [0.15, 0.2) is 12.4 Å². The van der Waals surface area contributed by atoms with Crippen LogP contribution in [-0.2, 0) is 19.5 Å². The van der Waals surface area contributed by atoms with Crippen molar-refractivity contribution in [2.24, 2.45) is 0 Å². The van der Waals surface area contributed by atoms with E-state index < -0.39 is 0 Å². The summed E-state index contributed by atoms with van der Waals surface area (Å²) in [6.45, 7) is 9.41. The van der Waals surface area contributed by atoms with Crippen LogP contribution in [0.4, 0.5) is 0 Å². The van der Waals surface area contributed by atoms with E-state index in [-0.39, 0.29) is 0 Å². The Hall–Kier alpha value is -0.790. The molecule has 0 atom stereocenters. The minimum atomic E-state index is 1.23. The van der Waals surface area contributed by atoms with Gasteiger partial charge in [-0.15, -0.1) is 0 Å². The summed E-state index contributed by atoms with van der Waals surface area (Å²) in [5.74, 6) is 1.62. The number of aryl methyl sites for hydroxylation is 2. The zero-order valence-corrected chi connectivity index (χ0v) is 31.7. The predicted molar refractivity (Wildman–Crippen MR) is 202 cm³/mol. The van der Waals surface area contributed by atoms with Gasteiger partial charge in [0.05, 0.1) is 13.1 Å². The molecule has 0 aliphatic heterocycles. The fourth-order valence-corrected chi connectivity index (χ4v) is 7.21. The lowest BCUT2D eigenvalue weighted by molar-refractivity contribution is -0.704. The molecule has 0 radical (unpaired) electrons. The zero-order chi connectivity index (χ0) is 32.3. The summed E-state index contributed by atoms with van der Waals surface area (Å²) in [5, 5.41) is 0. The molecule has 0 spiro atoms.